The summed E-state index contributed by atoms with van der Waals surface area (Å²) >= 11 is 0. The number of carbonyl (C=O) groups is 3. The minimum atomic E-state index is -0.548. The van der Waals surface area contributed by atoms with E-state index in [1.165, 1.54) is 4.90 Å². The van der Waals surface area contributed by atoms with E-state index in [0.717, 1.165) is 23.1 Å². The highest BCUT2D eigenvalue weighted by Crippen LogP contribution is 2.57. The quantitative estimate of drug-likeness (QED) is 0.786. The smallest absolute Gasteiger partial charge is 0.238 e. The van der Waals surface area contributed by atoms with Gasteiger partial charge in [-0.2, -0.15) is 0 Å². The SMILES string of the molecule is CCc1ccccc1N1C(=O)C2C3CC(=O)C(c4ccccc43)C2C1=O. The summed E-state index contributed by atoms with van der Waals surface area (Å²) in [7, 11) is 0. The van der Waals surface area contributed by atoms with E-state index in [1.54, 1.807) is 0 Å². The normalized spacial score (nSPS) is 29.1. The average Bonchev–Trinajstić information content (AvgIpc) is 2.93. The fourth-order valence-corrected chi connectivity index (χ4v) is 5.22. The molecule has 2 aromatic carbocycles. The van der Waals surface area contributed by atoms with Crippen molar-refractivity contribution in [3.8, 4) is 0 Å². The first-order chi connectivity index (χ1) is 12.6. The summed E-state index contributed by atoms with van der Waals surface area (Å²) in [6, 6.07) is 15.4. The molecule has 1 aliphatic heterocycles. The van der Waals surface area contributed by atoms with Crippen LogP contribution in [0.1, 0.15) is 41.9 Å². The Hall–Kier alpha value is -2.75. The van der Waals surface area contributed by atoms with E-state index in [-0.39, 0.29) is 23.5 Å². The molecule has 0 spiro atoms. The summed E-state index contributed by atoms with van der Waals surface area (Å²) in [5, 5.41) is 0. The lowest BCUT2D eigenvalue weighted by atomic mass is 9.56. The van der Waals surface area contributed by atoms with Gasteiger partial charge in [-0.25, -0.2) is 4.90 Å². The van der Waals surface area contributed by atoms with Gasteiger partial charge >= 0.3 is 0 Å². The number of aryl methyl sites for hydroxylation is 1. The van der Waals surface area contributed by atoms with Gasteiger partial charge in [0.05, 0.1) is 23.4 Å². The summed E-state index contributed by atoms with van der Waals surface area (Å²) in [6.45, 7) is 2.01. The second kappa shape index (κ2) is 5.37. The lowest BCUT2D eigenvalue weighted by Crippen LogP contribution is -2.44. The Balaban J connectivity index is 1.67. The molecule has 2 amide bonds. The highest BCUT2D eigenvalue weighted by Gasteiger charge is 2.62. The van der Waals surface area contributed by atoms with Crippen LogP contribution in [0, 0.1) is 11.8 Å². The average molecular weight is 345 g/mol. The molecule has 26 heavy (non-hydrogen) atoms. The second-order valence-electron chi connectivity index (χ2n) is 7.43. The number of hydrogen-bond acceptors (Lipinski definition) is 3. The Labute approximate surface area is 151 Å². The van der Waals surface area contributed by atoms with Gasteiger partial charge in [0.2, 0.25) is 11.8 Å². The molecular weight excluding hydrogens is 326 g/mol. The van der Waals surface area contributed by atoms with E-state index in [1.807, 2.05) is 55.5 Å². The van der Waals surface area contributed by atoms with Crippen molar-refractivity contribution in [2.75, 3.05) is 4.90 Å². The number of rotatable bonds is 2. The number of anilines is 1. The Kier molecular flexibility index (Phi) is 3.20. The van der Waals surface area contributed by atoms with Gasteiger partial charge in [0.15, 0.2) is 0 Å². The number of imide groups is 1. The van der Waals surface area contributed by atoms with Gasteiger partial charge in [-0.3, -0.25) is 14.4 Å². The largest absolute Gasteiger partial charge is 0.299 e. The van der Waals surface area contributed by atoms with Crippen LogP contribution in [-0.2, 0) is 20.8 Å². The third-order valence-electron chi connectivity index (χ3n) is 6.30. The zero-order chi connectivity index (χ0) is 18.0. The Morgan fingerprint density at radius 3 is 2.31 bits per heavy atom. The molecule has 1 saturated heterocycles. The van der Waals surface area contributed by atoms with Crippen molar-refractivity contribution >= 4 is 23.3 Å². The number of para-hydroxylation sites is 1. The molecule has 3 aliphatic carbocycles. The maximum atomic E-state index is 13.3. The number of amides is 2. The molecule has 1 heterocycles. The van der Waals surface area contributed by atoms with Crippen molar-refractivity contribution in [2.24, 2.45) is 11.8 Å². The van der Waals surface area contributed by atoms with E-state index >= 15 is 0 Å². The molecule has 4 atom stereocenters. The number of hydrogen-bond donors (Lipinski definition) is 0. The molecule has 2 fully saturated rings. The maximum absolute atomic E-state index is 13.3. The van der Waals surface area contributed by atoms with E-state index in [4.69, 9.17) is 0 Å². The third kappa shape index (κ3) is 1.82. The Morgan fingerprint density at radius 2 is 1.54 bits per heavy atom. The van der Waals surface area contributed by atoms with Crippen LogP contribution in [0.4, 0.5) is 5.69 Å². The first kappa shape index (κ1) is 15.5. The van der Waals surface area contributed by atoms with Gasteiger partial charge in [0, 0.05) is 12.3 Å². The number of carbonyl (C=O) groups excluding carboxylic acids is 3. The van der Waals surface area contributed by atoms with Crippen molar-refractivity contribution < 1.29 is 14.4 Å². The molecule has 4 unspecified atom stereocenters. The van der Waals surface area contributed by atoms with Gasteiger partial charge in [0.1, 0.15) is 5.78 Å². The Morgan fingerprint density at radius 1 is 0.885 bits per heavy atom. The standard InChI is InChI=1S/C22H19NO3/c1-2-12-7-3-6-10-16(12)23-21(25)19-15-11-17(24)18(20(19)22(23)26)14-9-5-4-8-13(14)15/h3-10,15,18-20H,2,11H2,1H3. The van der Waals surface area contributed by atoms with Crippen molar-refractivity contribution in [1.82, 2.24) is 0 Å². The summed E-state index contributed by atoms with van der Waals surface area (Å²) in [5.41, 5.74) is 3.67. The highest BCUT2D eigenvalue weighted by molar-refractivity contribution is 6.25. The molecule has 2 aromatic rings. The van der Waals surface area contributed by atoms with E-state index in [2.05, 4.69) is 0 Å². The number of Topliss-reactive ketones (excluding diaryl/α,β-unsaturated/α-hetero) is 1. The fraction of sp³-hybridized carbons (Fsp3) is 0.318. The van der Waals surface area contributed by atoms with Crippen LogP contribution in [0.15, 0.2) is 48.5 Å². The van der Waals surface area contributed by atoms with Crippen LogP contribution in [0.3, 0.4) is 0 Å². The van der Waals surface area contributed by atoms with Crippen LogP contribution in [0.5, 0.6) is 0 Å². The zero-order valence-corrected chi connectivity index (χ0v) is 14.5. The molecule has 6 rings (SSSR count). The molecule has 2 bridgehead atoms. The van der Waals surface area contributed by atoms with Gasteiger partial charge < -0.3 is 0 Å². The van der Waals surface area contributed by atoms with Crippen molar-refractivity contribution in [3.63, 3.8) is 0 Å². The number of benzene rings is 2. The third-order valence-corrected chi connectivity index (χ3v) is 6.30. The molecule has 1 saturated carbocycles. The molecular formula is C22H19NO3. The molecule has 4 nitrogen and oxygen atoms in total. The van der Waals surface area contributed by atoms with Crippen molar-refractivity contribution in [1.29, 1.82) is 0 Å². The van der Waals surface area contributed by atoms with E-state index < -0.39 is 17.8 Å². The topological polar surface area (TPSA) is 54.5 Å². The summed E-state index contributed by atoms with van der Waals surface area (Å²) in [4.78, 5) is 40.7. The van der Waals surface area contributed by atoms with Crippen molar-refractivity contribution in [3.05, 3.63) is 65.2 Å². The van der Waals surface area contributed by atoms with Crippen LogP contribution in [-0.4, -0.2) is 17.6 Å². The molecule has 4 aliphatic rings. The van der Waals surface area contributed by atoms with Crippen LogP contribution in [0.25, 0.3) is 0 Å². The minimum absolute atomic E-state index is 0.0988. The summed E-state index contributed by atoms with van der Waals surface area (Å²) in [6.07, 6.45) is 1.11. The summed E-state index contributed by atoms with van der Waals surface area (Å²) in [5.74, 6) is -1.86. The first-order valence-electron chi connectivity index (χ1n) is 9.20. The van der Waals surface area contributed by atoms with Crippen molar-refractivity contribution in [2.45, 2.75) is 31.6 Å². The number of nitrogens with zero attached hydrogens (tertiary/aromatic N) is 1. The maximum Gasteiger partial charge on any atom is 0.238 e. The minimum Gasteiger partial charge on any atom is -0.299 e. The number of fused-ring (bicyclic) bond motifs is 1. The molecule has 0 aromatic heterocycles. The van der Waals surface area contributed by atoms with E-state index in [9.17, 15) is 14.4 Å². The molecule has 0 N–H and O–H groups in total. The summed E-state index contributed by atoms with van der Waals surface area (Å²) < 4.78 is 0. The fourth-order valence-electron chi connectivity index (χ4n) is 5.22. The van der Waals surface area contributed by atoms with Gasteiger partial charge in [-0.1, -0.05) is 49.4 Å². The van der Waals surface area contributed by atoms with Crippen LogP contribution in [0.2, 0.25) is 0 Å². The Bertz CT molecular complexity index is 963. The number of ketones is 1. The first-order valence-corrected chi connectivity index (χ1v) is 9.20. The lowest BCUT2D eigenvalue weighted by molar-refractivity contribution is -0.134. The van der Waals surface area contributed by atoms with Crippen LogP contribution >= 0.6 is 0 Å². The predicted octanol–water partition coefficient (Wildman–Crippen LogP) is 3.21. The molecule has 0 radical (unpaired) electrons. The van der Waals surface area contributed by atoms with Gasteiger partial charge in [-0.05, 0) is 29.2 Å². The lowest BCUT2D eigenvalue weighted by Gasteiger charge is -2.43. The van der Waals surface area contributed by atoms with E-state index in [0.29, 0.717) is 12.1 Å². The van der Waals surface area contributed by atoms with Gasteiger partial charge in [-0.15, -0.1) is 0 Å². The zero-order valence-electron chi connectivity index (χ0n) is 14.5. The van der Waals surface area contributed by atoms with Crippen LogP contribution < -0.4 is 4.90 Å². The molecule has 130 valence electrons. The molecule has 4 heteroatoms. The predicted molar refractivity (Wildman–Crippen MR) is 96.8 cm³/mol. The highest BCUT2D eigenvalue weighted by atomic mass is 16.2. The van der Waals surface area contributed by atoms with Gasteiger partial charge in [0.25, 0.3) is 0 Å². The second-order valence-corrected chi connectivity index (χ2v) is 7.43. The monoisotopic (exact) mass is 345 g/mol.